The van der Waals surface area contributed by atoms with Crippen molar-refractivity contribution in [1.29, 1.82) is 0 Å². The fourth-order valence-electron chi connectivity index (χ4n) is 3.36. The van der Waals surface area contributed by atoms with Gasteiger partial charge in [-0.15, -0.1) is 0 Å². The number of aliphatic carboxylic acids is 2. The van der Waals surface area contributed by atoms with Crippen molar-refractivity contribution in [2.24, 2.45) is 5.73 Å². The van der Waals surface area contributed by atoms with Crippen LogP contribution in [0.2, 0.25) is 0 Å². The predicted octanol–water partition coefficient (Wildman–Crippen LogP) is -0.166. The van der Waals surface area contributed by atoms with Crippen molar-refractivity contribution in [3.63, 3.8) is 0 Å². The van der Waals surface area contributed by atoms with Crippen LogP contribution < -0.4 is 21.7 Å². The highest BCUT2D eigenvalue weighted by molar-refractivity contribution is 5.92. The maximum atomic E-state index is 12.8. The minimum Gasteiger partial charge on any atom is -0.481 e. The normalized spacial score (nSPS) is 13.0. The Labute approximate surface area is 208 Å². The summed E-state index contributed by atoms with van der Waals surface area (Å²) >= 11 is 0. The zero-order valence-electron chi connectivity index (χ0n) is 19.6. The standard InChI is InChI=1S/C25H30N4O7/c26-18(13-16-7-3-1-4-8-16)23(33)27-15-21(30)28-20(14-17-9-5-2-6-10-17)24(34)29-19(25(35)36)11-12-22(31)32/h1-10,18-20H,11-15,26H2,(H,27,33)(H,28,30)(H,29,34)(H,31,32)(H,35,36). The second-order valence-electron chi connectivity index (χ2n) is 8.16. The Morgan fingerprint density at radius 1 is 0.750 bits per heavy atom. The molecule has 36 heavy (non-hydrogen) atoms. The van der Waals surface area contributed by atoms with E-state index in [1.807, 2.05) is 30.3 Å². The van der Waals surface area contributed by atoms with Crippen LogP contribution in [-0.2, 0) is 36.8 Å². The zero-order valence-corrected chi connectivity index (χ0v) is 19.6. The van der Waals surface area contributed by atoms with Gasteiger partial charge in [0.1, 0.15) is 12.1 Å². The number of carboxylic acid groups (broad SMARTS) is 2. The van der Waals surface area contributed by atoms with Crippen molar-refractivity contribution in [2.75, 3.05) is 6.54 Å². The van der Waals surface area contributed by atoms with Gasteiger partial charge < -0.3 is 31.9 Å². The van der Waals surface area contributed by atoms with Crippen molar-refractivity contribution < 1.29 is 34.2 Å². The molecule has 2 rings (SSSR count). The summed E-state index contributed by atoms with van der Waals surface area (Å²) in [6.45, 7) is -0.443. The second kappa shape index (κ2) is 14.2. The molecule has 0 aliphatic rings. The minimum atomic E-state index is -1.44. The number of carbonyl (C=O) groups excluding carboxylic acids is 3. The van der Waals surface area contributed by atoms with Crippen molar-refractivity contribution in [1.82, 2.24) is 16.0 Å². The van der Waals surface area contributed by atoms with E-state index >= 15 is 0 Å². The number of amides is 3. The lowest BCUT2D eigenvalue weighted by Crippen LogP contribution is -2.54. The van der Waals surface area contributed by atoms with Gasteiger partial charge in [0.25, 0.3) is 0 Å². The number of carbonyl (C=O) groups is 5. The van der Waals surface area contributed by atoms with Crippen LogP contribution in [-0.4, -0.2) is 64.5 Å². The molecule has 7 N–H and O–H groups in total. The third-order valence-corrected chi connectivity index (χ3v) is 5.25. The van der Waals surface area contributed by atoms with Crippen molar-refractivity contribution in [3.8, 4) is 0 Å². The zero-order chi connectivity index (χ0) is 26.5. The van der Waals surface area contributed by atoms with Gasteiger partial charge in [0, 0.05) is 12.8 Å². The lowest BCUT2D eigenvalue weighted by atomic mass is 10.0. The van der Waals surface area contributed by atoms with E-state index in [0.29, 0.717) is 5.56 Å². The summed E-state index contributed by atoms with van der Waals surface area (Å²) in [4.78, 5) is 59.9. The molecule has 11 heteroatoms. The third-order valence-electron chi connectivity index (χ3n) is 5.25. The largest absolute Gasteiger partial charge is 0.481 e. The van der Waals surface area contributed by atoms with Gasteiger partial charge in [-0.3, -0.25) is 19.2 Å². The summed E-state index contributed by atoms with van der Waals surface area (Å²) in [5.74, 6) is -4.61. The van der Waals surface area contributed by atoms with Gasteiger partial charge in [0.15, 0.2) is 0 Å². The number of nitrogens with one attached hydrogen (secondary N) is 3. The van der Waals surface area contributed by atoms with E-state index < -0.39 is 60.8 Å². The van der Waals surface area contributed by atoms with E-state index in [2.05, 4.69) is 16.0 Å². The van der Waals surface area contributed by atoms with Crippen LogP contribution in [0.5, 0.6) is 0 Å². The molecule has 2 aromatic rings. The van der Waals surface area contributed by atoms with Crippen molar-refractivity contribution in [2.45, 2.75) is 43.8 Å². The fraction of sp³-hybridized carbons (Fsp3) is 0.320. The van der Waals surface area contributed by atoms with E-state index in [1.165, 1.54) is 0 Å². The first kappa shape index (κ1) is 28.0. The van der Waals surface area contributed by atoms with Gasteiger partial charge in [0.2, 0.25) is 17.7 Å². The van der Waals surface area contributed by atoms with Crippen molar-refractivity contribution in [3.05, 3.63) is 71.8 Å². The molecular formula is C25H30N4O7. The van der Waals surface area contributed by atoms with Crippen molar-refractivity contribution >= 4 is 29.7 Å². The first-order chi connectivity index (χ1) is 17.2. The quantitative estimate of drug-likeness (QED) is 0.207. The molecule has 0 aliphatic carbocycles. The molecule has 0 heterocycles. The highest BCUT2D eigenvalue weighted by Gasteiger charge is 2.27. The molecule has 0 fully saturated rings. The Kier molecular flexibility index (Phi) is 11.1. The summed E-state index contributed by atoms with van der Waals surface area (Å²) < 4.78 is 0. The Morgan fingerprint density at radius 2 is 1.31 bits per heavy atom. The predicted molar refractivity (Wildman–Crippen MR) is 130 cm³/mol. The molecule has 3 amide bonds. The molecule has 192 valence electrons. The molecule has 0 bridgehead atoms. The monoisotopic (exact) mass is 498 g/mol. The van der Waals surface area contributed by atoms with Crippen LogP contribution in [0.15, 0.2) is 60.7 Å². The number of benzene rings is 2. The molecule has 0 radical (unpaired) electrons. The first-order valence-electron chi connectivity index (χ1n) is 11.3. The Hall–Kier alpha value is -4.25. The van der Waals surface area contributed by atoms with Crippen LogP contribution in [0, 0.1) is 0 Å². The van der Waals surface area contributed by atoms with Gasteiger partial charge in [0.05, 0.1) is 12.6 Å². The average molecular weight is 499 g/mol. The first-order valence-corrected chi connectivity index (χ1v) is 11.3. The molecule has 0 saturated carbocycles. The summed E-state index contributed by atoms with van der Waals surface area (Å²) in [7, 11) is 0. The van der Waals surface area contributed by atoms with Crippen LogP contribution in [0.25, 0.3) is 0 Å². The maximum absolute atomic E-state index is 12.8. The lowest BCUT2D eigenvalue weighted by Gasteiger charge is -2.22. The highest BCUT2D eigenvalue weighted by Crippen LogP contribution is 2.06. The Morgan fingerprint density at radius 3 is 1.83 bits per heavy atom. The molecule has 3 atom stereocenters. The minimum absolute atomic E-state index is 0.0468. The van der Waals surface area contributed by atoms with E-state index in [0.717, 1.165) is 5.56 Å². The Balaban J connectivity index is 1.99. The van der Waals surface area contributed by atoms with E-state index in [4.69, 9.17) is 10.8 Å². The lowest BCUT2D eigenvalue weighted by molar-refractivity contribution is -0.143. The molecule has 0 aliphatic heterocycles. The molecule has 0 aromatic heterocycles. The third kappa shape index (κ3) is 9.94. The smallest absolute Gasteiger partial charge is 0.326 e. The van der Waals surface area contributed by atoms with Gasteiger partial charge in [-0.05, 0) is 24.0 Å². The SMILES string of the molecule is NC(Cc1ccccc1)C(=O)NCC(=O)NC(Cc1ccccc1)C(=O)NC(CCC(=O)O)C(=O)O. The highest BCUT2D eigenvalue weighted by atomic mass is 16.4. The van der Waals surface area contributed by atoms with Crippen LogP contribution in [0.3, 0.4) is 0 Å². The molecule has 3 unspecified atom stereocenters. The second-order valence-corrected chi connectivity index (χ2v) is 8.16. The molecule has 2 aromatic carbocycles. The van der Waals surface area contributed by atoms with E-state index in [1.54, 1.807) is 30.3 Å². The van der Waals surface area contributed by atoms with Gasteiger partial charge >= 0.3 is 11.9 Å². The average Bonchev–Trinajstić information content (AvgIpc) is 2.85. The molecule has 11 nitrogen and oxygen atoms in total. The number of rotatable bonds is 14. The van der Waals surface area contributed by atoms with Crippen LogP contribution in [0.4, 0.5) is 0 Å². The summed E-state index contributed by atoms with van der Waals surface area (Å²) in [5.41, 5.74) is 7.47. The van der Waals surface area contributed by atoms with Gasteiger partial charge in [-0.25, -0.2) is 4.79 Å². The van der Waals surface area contributed by atoms with Crippen LogP contribution in [0.1, 0.15) is 24.0 Å². The van der Waals surface area contributed by atoms with Gasteiger partial charge in [-0.2, -0.15) is 0 Å². The summed E-state index contributed by atoms with van der Waals surface area (Å²) in [6, 6.07) is 14.4. The number of hydrogen-bond donors (Lipinski definition) is 6. The fourth-order valence-corrected chi connectivity index (χ4v) is 3.36. The topological polar surface area (TPSA) is 188 Å². The van der Waals surface area contributed by atoms with Gasteiger partial charge in [-0.1, -0.05) is 60.7 Å². The summed E-state index contributed by atoms with van der Waals surface area (Å²) in [6.07, 6.45) is -0.453. The molecule has 0 spiro atoms. The molecule has 0 saturated heterocycles. The number of hydrogen-bond acceptors (Lipinski definition) is 6. The Bertz CT molecular complexity index is 1050. The van der Waals surface area contributed by atoms with E-state index in [9.17, 15) is 29.1 Å². The number of nitrogens with two attached hydrogens (primary N) is 1. The summed E-state index contributed by atoms with van der Waals surface area (Å²) in [5, 5.41) is 25.4. The molecular weight excluding hydrogens is 468 g/mol. The number of carboxylic acids is 2. The van der Waals surface area contributed by atoms with Crippen LogP contribution >= 0.6 is 0 Å². The van der Waals surface area contributed by atoms with E-state index in [-0.39, 0.29) is 19.3 Å². The maximum Gasteiger partial charge on any atom is 0.326 e.